The molecule has 8 nitrogen and oxygen atoms in total. The molecule has 9 heteroatoms. The zero-order valence-corrected chi connectivity index (χ0v) is 20.7. The van der Waals surface area contributed by atoms with Crippen molar-refractivity contribution < 1.29 is 33.3 Å². The van der Waals surface area contributed by atoms with Crippen molar-refractivity contribution in [1.29, 1.82) is 0 Å². The number of morpholine rings is 1. The SMILES string of the molecule is COc1cccc(C2/C(=C(/O)c3ccc(OC(C)C)c(F)c3)C(=O)C(=O)N2CCN2CCOCC2)c1. The second kappa shape index (κ2) is 11.1. The molecule has 2 fully saturated rings. The number of Topliss-reactive ketones (excluding diaryl/α,β-unsaturated/α-hetero) is 1. The quantitative estimate of drug-likeness (QED) is 0.339. The van der Waals surface area contributed by atoms with Gasteiger partial charge >= 0.3 is 0 Å². The molecule has 36 heavy (non-hydrogen) atoms. The molecular weight excluding hydrogens is 467 g/mol. The molecule has 2 aromatic carbocycles. The molecule has 2 aliphatic rings. The Kier molecular flexibility index (Phi) is 7.91. The Morgan fingerprint density at radius 1 is 1.14 bits per heavy atom. The summed E-state index contributed by atoms with van der Waals surface area (Å²) in [6.45, 7) is 7.07. The van der Waals surface area contributed by atoms with Crippen LogP contribution in [0.1, 0.15) is 31.0 Å². The number of aliphatic hydroxyl groups excluding tert-OH is 1. The van der Waals surface area contributed by atoms with Gasteiger partial charge < -0.3 is 24.2 Å². The number of aliphatic hydroxyl groups is 1. The highest BCUT2D eigenvalue weighted by atomic mass is 19.1. The molecule has 2 aromatic rings. The largest absolute Gasteiger partial charge is 0.507 e. The van der Waals surface area contributed by atoms with Gasteiger partial charge in [0.05, 0.1) is 38.0 Å². The molecule has 0 bridgehead atoms. The number of halogens is 1. The van der Waals surface area contributed by atoms with E-state index >= 15 is 0 Å². The summed E-state index contributed by atoms with van der Waals surface area (Å²) in [5.41, 5.74) is 0.604. The molecule has 1 N–H and O–H groups in total. The fourth-order valence-corrected chi connectivity index (χ4v) is 4.50. The van der Waals surface area contributed by atoms with Crippen LogP contribution in [0.15, 0.2) is 48.0 Å². The summed E-state index contributed by atoms with van der Waals surface area (Å²) < 4.78 is 30.9. The highest BCUT2D eigenvalue weighted by Crippen LogP contribution is 2.40. The van der Waals surface area contributed by atoms with E-state index in [1.54, 1.807) is 38.1 Å². The lowest BCUT2D eigenvalue weighted by atomic mass is 9.95. The molecule has 192 valence electrons. The number of rotatable bonds is 8. The monoisotopic (exact) mass is 498 g/mol. The van der Waals surface area contributed by atoms with Crippen LogP contribution in [-0.2, 0) is 14.3 Å². The molecule has 0 aliphatic carbocycles. The van der Waals surface area contributed by atoms with Crippen LogP contribution in [-0.4, -0.2) is 79.2 Å². The van der Waals surface area contributed by atoms with E-state index in [0.717, 1.165) is 19.2 Å². The van der Waals surface area contributed by atoms with Crippen LogP contribution < -0.4 is 9.47 Å². The molecule has 1 amide bonds. The van der Waals surface area contributed by atoms with E-state index in [-0.39, 0.29) is 29.5 Å². The van der Waals surface area contributed by atoms with Crippen LogP contribution in [0, 0.1) is 5.82 Å². The number of methoxy groups -OCH3 is 1. The lowest BCUT2D eigenvalue weighted by molar-refractivity contribution is -0.140. The van der Waals surface area contributed by atoms with Crippen LogP contribution in [0.3, 0.4) is 0 Å². The number of ketones is 1. The maximum atomic E-state index is 14.7. The number of carbonyl (C=O) groups is 2. The summed E-state index contributed by atoms with van der Waals surface area (Å²) in [7, 11) is 1.53. The van der Waals surface area contributed by atoms with E-state index in [0.29, 0.717) is 31.1 Å². The number of likely N-dealkylation sites (tertiary alicyclic amines) is 1. The number of nitrogens with zero attached hydrogens (tertiary/aromatic N) is 2. The summed E-state index contributed by atoms with van der Waals surface area (Å²) in [5.74, 6) is -2.05. The zero-order chi connectivity index (χ0) is 25.8. The van der Waals surface area contributed by atoms with E-state index in [9.17, 15) is 19.1 Å². The molecule has 2 saturated heterocycles. The predicted octanol–water partition coefficient (Wildman–Crippen LogP) is 3.38. The molecule has 0 saturated carbocycles. The van der Waals surface area contributed by atoms with E-state index in [2.05, 4.69) is 4.90 Å². The second-order valence-electron chi connectivity index (χ2n) is 9.03. The summed E-state index contributed by atoms with van der Waals surface area (Å²) >= 11 is 0. The van der Waals surface area contributed by atoms with E-state index in [4.69, 9.17) is 14.2 Å². The number of ether oxygens (including phenoxy) is 3. The zero-order valence-electron chi connectivity index (χ0n) is 20.7. The standard InChI is InChI=1S/C27H31FN2O6/c1-17(2)36-22-8-7-19(16-21(22)28)25(31)23-24(18-5-4-6-20(15-18)34-3)30(27(33)26(23)32)10-9-29-11-13-35-14-12-29/h4-8,15-17,24,31H,9-14H2,1-3H3/b25-23-. The van der Waals surface area contributed by atoms with Crippen molar-refractivity contribution in [3.8, 4) is 11.5 Å². The molecule has 0 aromatic heterocycles. The van der Waals surface area contributed by atoms with Gasteiger partial charge in [-0.3, -0.25) is 14.5 Å². The second-order valence-corrected chi connectivity index (χ2v) is 9.03. The first-order valence-electron chi connectivity index (χ1n) is 12.0. The maximum Gasteiger partial charge on any atom is 0.295 e. The summed E-state index contributed by atoms with van der Waals surface area (Å²) in [6, 6.07) is 10.1. The summed E-state index contributed by atoms with van der Waals surface area (Å²) in [4.78, 5) is 30.0. The Morgan fingerprint density at radius 3 is 2.56 bits per heavy atom. The third-order valence-electron chi connectivity index (χ3n) is 6.28. The topological polar surface area (TPSA) is 88.5 Å². The van der Waals surface area contributed by atoms with Gasteiger partial charge in [0.25, 0.3) is 11.7 Å². The van der Waals surface area contributed by atoms with Crippen molar-refractivity contribution in [2.24, 2.45) is 0 Å². The van der Waals surface area contributed by atoms with Gasteiger partial charge in [-0.2, -0.15) is 0 Å². The van der Waals surface area contributed by atoms with Gasteiger partial charge in [-0.1, -0.05) is 12.1 Å². The summed E-state index contributed by atoms with van der Waals surface area (Å²) in [6.07, 6.45) is -0.233. The van der Waals surface area contributed by atoms with Crippen LogP contribution in [0.25, 0.3) is 5.76 Å². The van der Waals surface area contributed by atoms with E-state index in [1.165, 1.54) is 24.1 Å². The molecule has 0 radical (unpaired) electrons. The van der Waals surface area contributed by atoms with Gasteiger partial charge in [-0.15, -0.1) is 0 Å². The van der Waals surface area contributed by atoms with Gasteiger partial charge in [0.15, 0.2) is 11.6 Å². The Morgan fingerprint density at radius 2 is 1.89 bits per heavy atom. The van der Waals surface area contributed by atoms with Crippen molar-refractivity contribution in [3.05, 3.63) is 65.0 Å². The average Bonchev–Trinajstić information content (AvgIpc) is 3.13. The summed E-state index contributed by atoms with van der Waals surface area (Å²) in [5, 5.41) is 11.2. The number of hydrogen-bond donors (Lipinski definition) is 1. The first kappa shape index (κ1) is 25.7. The van der Waals surface area contributed by atoms with Gasteiger partial charge in [-0.05, 0) is 49.7 Å². The molecule has 2 aliphatic heterocycles. The van der Waals surface area contributed by atoms with Crippen LogP contribution in [0.4, 0.5) is 4.39 Å². The number of carbonyl (C=O) groups excluding carboxylic acids is 2. The molecule has 2 heterocycles. The van der Waals surface area contributed by atoms with Crippen molar-refractivity contribution in [3.63, 3.8) is 0 Å². The van der Waals surface area contributed by atoms with Crippen LogP contribution >= 0.6 is 0 Å². The first-order valence-corrected chi connectivity index (χ1v) is 12.0. The fourth-order valence-electron chi connectivity index (χ4n) is 4.50. The minimum absolute atomic E-state index is 0.0388. The molecule has 4 rings (SSSR count). The van der Waals surface area contributed by atoms with E-state index in [1.807, 2.05) is 0 Å². The molecular formula is C27H31FN2O6. The first-order chi connectivity index (χ1) is 17.3. The average molecular weight is 499 g/mol. The van der Waals surface area contributed by atoms with Gasteiger partial charge in [0.1, 0.15) is 11.5 Å². The van der Waals surface area contributed by atoms with Gasteiger partial charge in [-0.25, -0.2) is 4.39 Å². The highest BCUT2D eigenvalue weighted by molar-refractivity contribution is 6.46. The van der Waals surface area contributed by atoms with Crippen molar-refractivity contribution >= 4 is 17.4 Å². The van der Waals surface area contributed by atoms with Crippen LogP contribution in [0.5, 0.6) is 11.5 Å². The molecule has 1 unspecified atom stereocenters. The maximum absolute atomic E-state index is 14.7. The lowest BCUT2D eigenvalue weighted by Crippen LogP contribution is -2.42. The van der Waals surface area contributed by atoms with Crippen LogP contribution in [0.2, 0.25) is 0 Å². The van der Waals surface area contributed by atoms with Crippen molar-refractivity contribution in [2.45, 2.75) is 26.0 Å². The van der Waals surface area contributed by atoms with Crippen molar-refractivity contribution in [2.75, 3.05) is 46.5 Å². The highest BCUT2D eigenvalue weighted by Gasteiger charge is 2.46. The molecule has 1 atom stereocenters. The number of hydrogen-bond acceptors (Lipinski definition) is 7. The number of amides is 1. The fraction of sp³-hybridized carbons (Fsp3) is 0.407. The Hall–Kier alpha value is -3.43. The third-order valence-corrected chi connectivity index (χ3v) is 6.28. The Bertz CT molecular complexity index is 1160. The smallest absolute Gasteiger partial charge is 0.295 e. The third kappa shape index (κ3) is 5.37. The molecule has 0 spiro atoms. The Balaban J connectivity index is 1.74. The number of benzene rings is 2. The van der Waals surface area contributed by atoms with Crippen molar-refractivity contribution in [1.82, 2.24) is 9.80 Å². The Labute approximate surface area is 209 Å². The predicted molar refractivity (Wildman–Crippen MR) is 131 cm³/mol. The minimum Gasteiger partial charge on any atom is -0.507 e. The lowest BCUT2D eigenvalue weighted by Gasteiger charge is -2.31. The van der Waals surface area contributed by atoms with Gasteiger partial charge in [0.2, 0.25) is 0 Å². The van der Waals surface area contributed by atoms with Gasteiger partial charge in [0, 0.05) is 31.7 Å². The normalized spacial score (nSPS) is 20.2. The minimum atomic E-state index is -0.851. The van der Waals surface area contributed by atoms with E-state index < -0.39 is 29.3 Å².